The van der Waals surface area contributed by atoms with Gasteiger partial charge in [-0.1, -0.05) is 18.2 Å². The van der Waals surface area contributed by atoms with Gasteiger partial charge in [-0.25, -0.2) is 8.42 Å². The Labute approximate surface area is 134 Å². The van der Waals surface area contributed by atoms with Crippen molar-refractivity contribution < 1.29 is 23.1 Å². The highest BCUT2D eigenvalue weighted by Crippen LogP contribution is 2.40. The van der Waals surface area contributed by atoms with Gasteiger partial charge in [-0.2, -0.15) is 0 Å². The number of benzene rings is 1. The molecule has 2 aliphatic rings. The van der Waals surface area contributed by atoms with Gasteiger partial charge in [0.25, 0.3) is 0 Å². The summed E-state index contributed by atoms with van der Waals surface area (Å²) in [6.07, 6.45) is 0. The molecule has 124 valence electrons. The quantitative estimate of drug-likeness (QED) is 0.757. The number of carbonyl (C=O) groups is 2. The molecular formula is C15H18N2O5S. The molecule has 2 heterocycles. The van der Waals surface area contributed by atoms with Crippen LogP contribution in [0.3, 0.4) is 0 Å². The number of carboxylic acids is 1. The van der Waals surface area contributed by atoms with Gasteiger partial charge in [0.2, 0.25) is 5.91 Å². The molecule has 3 rings (SSSR count). The van der Waals surface area contributed by atoms with E-state index < -0.39 is 27.1 Å². The fourth-order valence-corrected chi connectivity index (χ4v) is 4.61. The van der Waals surface area contributed by atoms with Gasteiger partial charge in [-0.05, 0) is 12.1 Å². The SMILES string of the molecule is O=C1[C@@H]2CNC[C@]2(C(=O)O)CN1CCS(=O)(=O)c1ccccc1. The predicted octanol–water partition coefficient (Wildman–Crippen LogP) is -0.407. The topological polar surface area (TPSA) is 104 Å². The van der Waals surface area contributed by atoms with Gasteiger partial charge in [0.05, 0.1) is 16.6 Å². The molecule has 1 aromatic rings. The number of carboxylic acid groups (broad SMARTS) is 1. The Morgan fingerprint density at radius 2 is 2.04 bits per heavy atom. The summed E-state index contributed by atoms with van der Waals surface area (Å²) in [5.74, 6) is -2.10. The summed E-state index contributed by atoms with van der Waals surface area (Å²) >= 11 is 0. The molecule has 8 heteroatoms. The number of likely N-dealkylation sites (tertiary alicyclic amines) is 1. The van der Waals surface area contributed by atoms with Crippen molar-refractivity contribution in [1.29, 1.82) is 0 Å². The molecule has 0 bridgehead atoms. The molecule has 0 aliphatic carbocycles. The zero-order valence-electron chi connectivity index (χ0n) is 12.4. The van der Waals surface area contributed by atoms with Crippen molar-refractivity contribution in [1.82, 2.24) is 10.2 Å². The highest BCUT2D eigenvalue weighted by Gasteiger charge is 2.59. The summed E-state index contributed by atoms with van der Waals surface area (Å²) in [4.78, 5) is 25.5. The normalized spacial score (nSPS) is 27.2. The summed E-state index contributed by atoms with van der Waals surface area (Å²) in [7, 11) is -3.49. The number of carbonyl (C=O) groups excluding carboxylic acids is 1. The molecule has 0 unspecified atom stereocenters. The second kappa shape index (κ2) is 5.61. The van der Waals surface area contributed by atoms with Crippen LogP contribution in [0.1, 0.15) is 0 Å². The van der Waals surface area contributed by atoms with Crippen LogP contribution < -0.4 is 5.32 Å². The minimum atomic E-state index is -3.49. The largest absolute Gasteiger partial charge is 0.481 e. The number of hydrogen-bond acceptors (Lipinski definition) is 5. The highest BCUT2D eigenvalue weighted by atomic mass is 32.2. The Balaban J connectivity index is 1.73. The van der Waals surface area contributed by atoms with E-state index in [2.05, 4.69) is 5.32 Å². The Bertz CT molecular complexity index is 733. The minimum Gasteiger partial charge on any atom is -0.481 e. The second-order valence-corrected chi connectivity index (χ2v) is 8.15. The van der Waals surface area contributed by atoms with Crippen LogP contribution in [-0.2, 0) is 19.4 Å². The Kier molecular flexibility index (Phi) is 3.89. The van der Waals surface area contributed by atoms with Gasteiger partial charge in [0.15, 0.2) is 9.84 Å². The van der Waals surface area contributed by atoms with Gasteiger partial charge in [0.1, 0.15) is 5.41 Å². The third-order valence-corrected chi connectivity index (χ3v) is 6.41. The van der Waals surface area contributed by atoms with E-state index in [1.54, 1.807) is 18.2 Å². The van der Waals surface area contributed by atoms with E-state index in [9.17, 15) is 23.1 Å². The van der Waals surface area contributed by atoms with Gasteiger partial charge in [-0.15, -0.1) is 0 Å². The average molecular weight is 338 g/mol. The molecule has 2 atom stereocenters. The first-order valence-electron chi connectivity index (χ1n) is 7.37. The molecule has 1 amide bonds. The van der Waals surface area contributed by atoms with Gasteiger partial charge >= 0.3 is 5.97 Å². The maximum absolute atomic E-state index is 12.4. The number of nitrogens with one attached hydrogen (secondary N) is 1. The molecule has 0 radical (unpaired) electrons. The molecular weight excluding hydrogens is 320 g/mol. The molecule has 23 heavy (non-hydrogen) atoms. The molecule has 0 spiro atoms. The maximum Gasteiger partial charge on any atom is 0.313 e. The maximum atomic E-state index is 12.4. The van der Waals surface area contributed by atoms with Crippen LogP contribution in [0.15, 0.2) is 35.2 Å². The van der Waals surface area contributed by atoms with E-state index in [0.717, 1.165) is 0 Å². The molecule has 1 aromatic carbocycles. The first-order valence-corrected chi connectivity index (χ1v) is 9.03. The zero-order chi connectivity index (χ0) is 16.7. The van der Waals surface area contributed by atoms with E-state index >= 15 is 0 Å². The molecule has 0 saturated carbocycles. The van der Waals surface area contributed by atoms with Crippen molar-refractivity contribution in [2.75, 3.05) is 31.9 Å². The lowest BCUT2D eigenvalue weighted by molar-refractivity contribution is -0.149. The van der Waals surface area contributed by atoms with Crippen molar-refractivity contribution in [2.24, 2.45) is 11.3 Å². The van der Waals surface area contributed by atoms with Crippen LogP contribution in [0.4, 0.5) is 0 Å². The van der Waals surface area contributed by atoms with Crippen LogP contribution in [0.5, 0.6) is 0 Å². The highest BCUT2D eigenvalue weighted by molar-refractivity contribution is 7.91. The lowest BCUT2D eigenvalue weighted by atomic mass is 9.81. The molecule has 0 aromatic heterocycles. The number of hydrogen-bond donors (Lipinski definition) is 2. The molecule has 2 saturated heterocycles. The standard InChI is InChI=1S/C15H18N2O5S/c18-13-12-8-16-9-15(12,14(19)20)10-17(13)6-7-23(21,22)11-4-2-1-3-5-11/h1-5,12,16H,6-10H2,(H,19,20)/t12-,15-/m0/s1. The Morgan fingerprint density at radius 3 is 2.65 bits per heavy atom. The van der Waals surface area contributed by atoms with Crippen molar-refractivity contribution in [3.8, 4) is 0 Å². The lowest BCUT2D eigenvalue weighted by Gasteiger charge is -2.22. The number of aliphatic carboxylic acids is 1. The zero-order valence-corrected chi connectivity index (χ0v) is 13.3. The lowest BCUT2D eigenvalue weighted by Crippen LogP contribution is -2.40. The van der Waals surface area contributed by atoms with Gasteiger partial charge in [0, 0.05) is 26.2 Å². The number of fused-ring (bicyclic) bond motifs is 1. The monoisotopic (exact) mass is 338 g/mol. The first-order chi connectivity index (χ1) is 10.9. The number of sulfone groups is 1. The third-order valence-electron chi connectivity index (χ3n) is 4.70. The molecule has 2 aliphatic heterocycles. The second-order valence-electron chi connectivity index (χ2n) is 6.04. The van der Waals surface area contributed by atoms with E-state index in [0.29, 0.717) is 6.54 Å². The summed E-state index contributed by atoms with van der Waals surface area (Å²) in [5, 5.41) is 12.4. The minimum absolute atomic E-state index is 0.0155. The van der Waals surface area contributed by atoms with Crippen LogP contribution in [0, 0.1) is 11.3 Å². The van der Waals surface area contributed by atoms with Gasteiger partial charge in [-0.3, -0.25) is 9.59 Å². The summed E-state index contributed by atoms with van der Waals surface area (Å²) in [6.45, 7) is 0.637. The number of nitrogens with zero attached hydrogens (tertiary/aromatic N) is 1. The third kappa shape index (κ3) is 2.61. The molecule has 2 N–H and O–H groups in total. The van der Waals surface area contributed by atoms with E-state index in [4.69, 9.17) is 0 Å². The summed E-state index contributed by atoms with van der Waals surface area (Å²) in [5.41, 5.74) is -1.13. The van der Waals surface area contributed by atoms with Crippen molar-refractivity contribution in [3.63, 3.8) is 0 Å². The van der Waals surface area contributed by atoms with E-state index in [1.807, 2.05) is 0 Å². The average Bonchev–Trinajstić information content (AvgIpc) is 3.06. The van der Waals surface area contributed by atoms with Crippen LogP contribution >= 0.6 is 0 Å². The number of rotatable bonds is 5. The van der Waals surface area contributed by atoms with Crippen LogP contribution in [0.25, 0.3) is 0 Å². The Hall–Kier alpha value is -1.93. The van der Waals surface area contributed by atoms with Gasteiger partial charge < -0.3 is 15.3 Å². The number of amides is 1. The predicted molar refractivity (Wildman–Crippen MR) is 81.5 cm³/mol. The van der Waals surface area contributed by atoms with E-state index in [-0.39, 0.29) is 36.2 Å². The summed E-state index contributed by atoms with van der Waals surface area (Å²) < 4.78 is 24.6. The first kappa shape index (κ1) is 15.9. The molecule has 7 nitrogen and oxygen atoms in total. The van der Waals surface area contributed by atoms with Crippen LogP contribution in [-0.4, -0.2) is 62.2 Å². The van der Waals surface area contributed by atoms with Crippen LogP contribution in [0.2, 0.25) is 0 Å². The smallest absolute Gasteiger partial charge is 0.313 e. The fourth-order valence-electron chi connectivity index (χ4n) is 3.34. The van der Waals surface area contributed by atoms with Crippen molar-refractivity contribution in [2.45, 2.75) is 4.90 Å². The van der Waals surface area contributed by atoms with Crippen molar-refractivity contribution >= 4 is 21.7 Å². The van der Waals surface area contributed by atoms with Crippen molar-refractivity contribution in [3.05, 3.63) is 30.3 Å². The molecule has 2 fully saturated rings. The summed E-state index contributed by atoms with van der Waals surface area (Å²) in [6, 6.07) is 8.04. The van der Waals surface area contributed by atoms with E-state index in [1.165, 1.54) is 17.0 Å². The fraction of sp³-hybridized carbons (Fsp3) is 0.467. The Morgan fingerprint density at radius 1 is 1.35 bits per heavy atom.